The van der Waals surface area contributed by atoms with Gasteiger partial charge in [-0.05, 0) is 68.2 Å². The van der Waals surface area contributed by atoms with Crippen molar-refractivity contribution in [2.24, 2.45) is 10.6 Å². The summed E-state index contributed by atoms with van der Waals surface area (Å²) in [5, 5.41) is 10.8. The van der Waals surface area contributed by atoms with Gasteiger partial charge in [0.1, 0.15) is 0 Å². The van der Waals surface area contributed by atoms with E-state index in [9.17, 15) is 8.42 Å². The van der Waals surface area contributed by atoms with Crippen molar-refractivity contribution in [3.63, 3.8) is 0 Å². The van der Waals surface area contributed by atoms with Gasteiger partial charge in [-0.25, -0.2) is 5.14 Å². The largest absolute Gasteiger partial charge is 0.344 e. The normalized spacial score (nSPS) is 24.0. The molecule has 3 aromatic rings. The van der Waals surface area contributed by atoms with Gasteiger partial charge < -0.3 is 9.09 Å². The molecule has 8 nitrogen and oxygen atoms in total. The van der Waals surface area contributed by atoms with Crippen molar-refractivity contribution >= 4 is 21.1 Å². The number of benzene rings is 1. The van der Waals surface area contributed by atoms with Gasteiger partial charge in [-0.3, -0.25) is 0 Å². The average molecular weight is 428 g/mol. The number of rotatable bonds is 4. The molecule has 1 saturated heterocycles. The molecule has 6 rings (SSSR count). The molecule has 0 unspecified atom stereocenters. The van der Waals surface area contributed by atoms with Crippen molar-refractivity contribution in [2.75, 3.05) is 13.1 Å². The monoisotopic (exact) mass is 427 g/mol. The first-order valence-electron chi connectivity index (χ1n) is 10.6. The van der Waals surface area contributed by atoms with E-state index in [0.29, 0.717) is 25.0 Å². The molecule has 3 aliphatic rings. The number of hydrogen-bond donors (Lipinski definition) is 1. The SMILES string of the molecule is Cc1cn(C2CC2)c2ccc(-c3nc([C@@H]4CC45CCN(S(N)(=O)=O)CC5)no3)cc12. The molecule has 2 aliphatic carbocycles. The Bertz CT molecular complexity index is 1250. The van der Waals surface area contributed by atoms with Crippen molar-refractivity contribution in [1.82, 2.24) is 19.0 Å². The van der Waals surface area contributed by atoms with E-state index in [4.69, 9.17) is 14.6 Å². The second-order valence-electron chi connectivity index (χ2n) is 9.20. The van der Waals surface area contributed by atoms with Crippen LogP contribution in [0.2, 0.25) is 0 Å². The lowest BCUT2D eigenvalue weighted by Gasteiger charge is -2.30. The third-order valence-corrected chi connectivity index (χ3v) is 8.33. The van der Waals surface area contributed by atoms with Gasteiger partial charge in [0.05, 0.1) is 0 Å². The summed E-state index contributed by atoms with van der Waals surface area (Å²) >= 11 is 0. The highest BCUT2D eigenvalue weighted by Crippen LogP contribution is 2.64. The summed E-state index contributed by atoms with van der Waals surface area (Å²) in [6, 6.07) is 7.01. The third kappa shape index (κ3) is 2.91. The molecule has 2 aromatic heterocycles. The number of nitrogens with zero attached hydrogens (tertiary/aromatic N) is 4. The number of fused-ring (bicyclic) bond motifs is 1. The fourth-order valence-electron chi connectivity index (χ4n) is 5.16. The molecule has 0 radical (unpaired) electrons. The summed E-state index contributed by atoms with van der Waals surface area (Å²) in [5.74, 6) is 1.52. The predicted molar refractivity (Wildman–Crippen MR) is 112 cm³/mol. The Balaban J connectivity index is 1.23. The number of nitrogens with two attached hydrogens (primary N) is 1. The maximum atomic E-state index is 11.6. The van der Waals surface area contributed by atoms with Gasteiger partial charge in [-0.2, -0.15) is 17.7 Å². The smallest absolute Gasteiger partial charge is 0.276 e. The Kier molecular flexibility index (Phi) is 3.80. The number of aromatic nitrogens is 3. The maximum absolute atomic E-state index is 11.6. The van der Waals surface area contributed by atoms with E-state index in [1.165, 1.54) is 33.6 Å². The summed E-state index contributed by atoms with van der Waals surface area (Å²) in [6.45, 7) is 3.08. The van der Waals surface area contributed by atoms with Gasteiger partial charge in [0.25, 0.3) is 16.1 Å². The van der Waals surface area contributed by atoms with Crippen LogP contribution in [0.4, 0.5) is 0 Å². The van der Waals surface area contributed by atoms with Gasteiger partial charge >= 0.3 is 0 Å². The average Bonchev–Trinajstić information content (AvgIpc) is 3.60. The Morgan fingerprint density at radius 1 is 1.23 bits per heavy atom. The van der Waals surface area contributed by atoms with E-state index < -0.39 is 10.2 Å². The molecule has 1 spiro atoms. The van der Waals surface area contributed by atoms with E-state index in [1.54, 1.807) is 0 Å². The first-order valence-corrected chi connectivity index (χ1v) is 12.1. The minimum atomic E-state index is -3.60. The van der Waals surface area contributed by atoms with Crippen LogP contribution in [0.5, 0.6) is 0 Å². The van der Waals surface area contributed by atoms with Crippen molar-refractivity contribution in [2.45, 2.75) is 51.0 Å². The molecule has 30 heavy (non-hydrogen) atoms. The first kappa shape index (κ1) is 18.5. The zero-order valence-electron chi connectivity index (χ0n) is 16.9. The third-order valence-electron chi connectivity index (χ3n) is 7.24. The fourth-order valence-corrected chi connectivity index (χ4v) is 5.85. The second-order valence-corrected chi connectivity index (χ2v) is 10.7. The van der Waals surface area contributed by atoms with Crippen molar-refractivity contribution in [3.05, 3.63) is 35.8 Å². The fraction of sp³-hybridized carbons (Fsp3) is 0.524. The molecular weight excluding hydrogens is 402 g/mol. The van der Waals surface area contributed by atoms with Crippen LogP contribution in [0.15, 0.2) is 28.9 Å². The summed E-state index contributed by atoms with van der Waals surface area (Å²) in [6.07, 6.45) is 7.32. The van der Waals surface area contributed by atoms with Crippen molar-refractivity contribution in [3.8, 4) is 11.5 Å². The number of hydrogen-bond acceptors (Lipinski definition) is 5. The lowest BCUT2D eigenvalue weighted by Crippen LogP contribution is -2.43. The van der Waals surface area contributed by atoms with Crippen LogP contribution in [0, 0.1) is 12.3 Å². The van der Waals surface area contributed by atoms with Crippen molar-refractivity contribution < 1.29 is 12.9 Å². The minimum absolute atomic E-state index is 0.0877. The van der Waals surface area contributed by atoms with Crippen LogP contribution in [-0.2, 0) is 10.2 Å². The first-order chi connectivity index (χ1) is 14.3. The molecular formula is C21H25N5O3S. The molecule has 158 valence electrons. The molecule has 9 heteroatoms. The summed E-state index contributed by atoms with van der Waals surface area (Å²) in [4.78, 5) is 4.71. The predicted octanol–water partition coefficient (Wildman–Crippen LogP) is 3.11. The lowest BCUT2D eigenvalue weighted by atomic mass is 9.92. The van der Waals surface area contributed by atoms with Crippen LogP contribution in [0.1, 0.15) is 55.5 Å². The van der Waals surface area contributed by atoms with E-state index in [-0.39, 0.29) is 11.3 Å². The van der Waals surface area contributed by atoms with Crippen LogP contribution >= 0.6 is 0 Å². The lowest BCUT2D eigenvalue weighted by molar-refractivity contribution is 0.249. The molecule has 2 saturated carbocycles. The Morgan fingerprint density at radius 3 is 2.70 bits per heavy atom. The topological polar surface area (TPSA) is 107 Å². The van der Waals surface area contributed by atoms with Crippen LogP contribution in [-0.4, -0.2) is 40.5 Å². The van der Waals surface area contributed by atoms with Gasteiger partial charge in [0.15, 0.2) is 5.82 Å². The van der Waals surface area contributed by atoms with Crippen molar-refractivity contribution in [1.29, 1.82) is 0 Å². The quantitative estimate of drug-likeness (QED) is 0.688. The highest BCUT2D eigenvalue weighted by molar-refractivity contribution is 7.86. The standard InChI is InChI=1S/C21H25N5O3S/c1-13-12-26(15-3-4-15)18-5-2-14(10-16(13)18)20-23-19(24-29-20)17-11-21(17)6-8-25(9-7-21)30(22,27)28/h2,5,10,12,15,17H,3-4,6-9,11H2,1H3,(H2,22,27,28)/t17-/m0/s1. The molecule has 2 N–H and O–H groups in total. The Morgan fingerprint density at radius 2 is 2.00 bits per heavy atom. The Labute approximate surface area is 175 Å². The van der Waals surface area contributed by atoms with Gasteiger partial charge in [-0.1, -0.05) is 5.16 Å². The highest BCUT2D eigenvalue weighted by Gasteiger charge is 2.58. The summed E-state index contributed by atoms with van der Waals surface area (Å²) in [5.41, 5.74) is 3.56. The van der Waals surface area contributed by atoms with Gasteiger partial charge in [0.2, 0.25) is 0 Å². The van der Waals surface area contributed by atoms with E-state index in [1.807, 2.05) is 0 Å². The molecule has 0 bridgehead atoms. The minimum Gasteiger partial charge on any atom is -0.344 e. The second kappa shape index (κ2) is 6.15. The highest BCUT2D eigenvalue weighted by atomic mass is 32.2. The van der Waals surface area contributed by atoms with Gasteiger partial charge in [-0.15, -0.1) is 0 Å². The molecule has 0 amide bonds. The maximum Gasteiger partial charge on any atom is 0.276 e. The number of piperidine rings is 1. The molecule has 3 heterocycles. The molecule has 1 atom stereocenters. The summed E-state index contributed by atoms with van der Waals surface area (Å²) in [7, 11) is -3.60. The van der Waals surface area contributed by atoms with E-state index >= 15 is 0 Å². The Hall–Kier alpha value is -2.23. The molecule has 1 aliphatic heterocycles. The van der Waals surface area contributed by atoms with Gasteiger partial charge in [0, 0.05) is 47.7 Å². The molecule has 1 aromatic carbocycles. The van der Waals surface area contributed by atoms with E-state index in [0.717, 1.165) is 30.7 Å². The van der Waals surface area contributed by atoms with Crippen LogP contribution in [0.3, 0.4) is 0 Å². The molecule has 3 fully saturated rings. The number of aryl methyl sites for hydroxylation is 1. The summed E-state index contributed by atoms with van der Waals surface area (Å²) < 4.78 is 32.5. The van der Waals surface area contributed by atoms with E-state index in [2.05, 4.69) is 41.0 Å². The van der Waals surface area contributed by atoms with Crippen LogP contribution < -0.4 is 5.14 Å². The zero-order valence-corrected chi connectivity index (χ0v) is 17.7. The zero-order chi connectivity index (χ0) is 20.7. The van der Waals surface area contributed by atoms with Crippen LogP contribution in [0.25, 0.3) is 22.4 Å².